The fourth-order valence-electron chi connectivity index (χ4n) is 4.84. The highest BCUT2D eigenvalue weighted by molar-refractivity contribution is 5.95. The maximum Gasteiger partial charge on any atom is 0.258 e. The first-order valence-electron chi connectivity index (χ1n) is 12.6. The standard InChI is InChI=1S/C32H30N2O3/c1-23-9-8-14-27(19-23)31-29-20-28(37-22-30(35)33-21-24-10-4-2-5-11-24)16-15-25(29)17-18-34(31)32(36)26-12-6-3-7-13-26/h2-16,19-20,31H,17-18,21-22H2,1H3,(H,33,35)/t31-/m1/s1. The van der Waals surface area contributed by atoms with Gasteiger partial charge in [0.15, 0.2) is 6.61 Å². The molecule has 2 amide bonds. The van der Waals surface area contributed by atoms with Crippen molar-refractivity contribution >= 4 is 11.8 Å². The van der Waals surface area contributed by atoms with E-state index in [0.717, 1.165) is 28.7 Å². The Morgan fingerprint density at radius 3 is 2.41 bits per heavy atom. The number of hydrogen-bond acceptors (Lipinski definition) is 3. The third kappa shape index (κ3) is 5.72. The van der Waals surface area contributed by atoms with Crippen molar-refractivity contribution in [3.05, 3.63) is 137 Å². The van der Waals surface area contributed by atoms with Gasteiger partial charge in [0.05, 0.1) is 6.04 Å². The number of carbonyl (C=O) groups is 2. The summed E-state index contributed by atoms with van der Waals surface area (Å²) in [5, 5.41) is 2.90. The van der Waals surface area contributed by atoms with Crippen LogP contribution in [0.25, 0.3) is 0 Å². The van der Waals surface area contributed by atoms with Gasteiger partial charge in [0.25, 0.3) is 11.8 Å². The van der Waals surface area contributed by atoms with E-state index < -0.39 is 0 Å². The highest BCUT2D eigenvalue weighted by Crippen LogP contribution is 2.38. The van der Waals surface area contributed by atoms with Crippen LogP contribution in [0.4, 0.5) is 0 Å². The van der Waals surface area contributed by atoms with Crippen LogP contribution in [0.2, 0.25) is 0 Å². The summed E-state index contributed by atoms with van der Waals surface area (Å²) in [7, 11) is 0. The molecule has 1 heterocycles. The maximum absolute atomic E-state index is 13.6. The minimum atomic E-state index is -0.244. The lowest BCUT2D eigenvalue weighted by molar-refractivity contribution is -0.123. The Morgan fingerprint density at radius 1 is 0.892 bits per heavy atom. The molecule has 0 aromatic heterocycles. The molecule has 0 saturated carbocycles. The number of amides is 2. The zero-order valence-corrected chi connectivity index (χ0v) is 20.9. The molecule has 1 N–H and O–H groups in total. The number of hydrogen-bond donors (Lipinski definition) is 1. The second-order valence-electron chi connectivity index (χ2n) is 9.34. The first-order valence-corrected chi connectivity index (χ1v) is 12.6. The lowest BCUT2D eigenvalue weighted by Crippen LogP contribution is -2.40. The number of aryl methyl sites for hydroxylation is 1. The monoisotopic (exact) mass is 490 g/mol. The number of nitrogens with one attached hydrogen (secondary N) is 1. The Kier molecular flexibility index (Phi) is 7.31. The van der Waals surface area contributed by atoms with E-state index in [1.807, 2.05) is 83.8 Å². The van der Waals surface area contributed by atoms with Crippen molar-refractivity contribution in [1.82, 2.24) is 10.2 Å². The summed E-state index contributed by atoms with van der Waals surface area (Å²) in [5.74, 6) is 0.433. The minimum absolute atomic E-state index is 0.00404. The smallest absolute Gasteiger partial charge is 0.258 e. The molecule has 0 saturated heterocycles. The van der Waals surface area contributed by atoms with Crippen LogP contribution in [0.3, 0.4) is 0 Å². The summed E-state index contributed by atoms with van der Waals surface area (Å²) < 4.78 is 5.90. The van der Waals surface area contributed by atoms with E-state index in [1.54, 1.807) is 0 Å². The van der Waals surface area contributed by atoms with Crippen LogP contribution in [0.1, 0.15) is 44.2 Å². The molecule has 4 aromatic carbocycles. The number of rotatable bonds is 7. The van der Waals surface area contributed by atoms with Gasteiger partial charge in [-0.1, -0.05) is 84.4 Å². The number of fused-ring (bicyclic) bond motifs is 1. The topological polar surface area (TPSA) is 58.6 Å². The Labute approximate surface area is 217 Å². The highest BCUT2D eigenvalue weighted by atomic mass is 16.5. The second kappa shape index (κ2) is 11.1. The zero-order chi connectivity index (χ0) is 25.6. The van der Waals surface area contributed by atoms with Crippen LogP contribution in [0.15, 0.2) is 103 Å². The quantitative estimate of drug-likeness (QED) is 0.373. The van der Waals surface area contributed by atoms with Gasteiger partial charge >= 0.3 is 0 Å². The van der Waals surface area contributed by atoms with E-state index in [-0.39, 0.29) is 24.5 Å². The normalized spacial score (nSPS) is 14.5. The van der Waals surface area contributed by atoms with Crippen molar-refractivity contribution in [2.45, 2.75) is 25.9 Å². The third-order valence-electron chi connectivity index (χ3n) is 6.69. The van der Waals surface area contributed by atoms with Gasteiger partial charge in [0.2, 0.25) is 0 Å². The van der Waals surface area contributed by atoms with Gasteiger partial charge in [-0.15, -0.1) is 0 Å². The Hall–Kier alpha value is -4.38. The molecule has 0 fully saturated rings. The van der Waals surface area contributed by atoms with Crippen LogP contribution >= 0.6 is 0 Å². The Bertz CT molecular complexity index is 1390. The molecule has 0 unspecified atom stereocenters. The molecule has 4 aromatic rings. The summed E-state index contributed by atoms with van der Waals surface area (Å²) in [6.45, 7) is 3.07. The molecule has 0 spiro atoms. The number of carbonyl (C=O) groups excluding carboxylic acids is 2. The number of benzene rings is 4. The van der Waals surface area contributed by atoms with E-state index in [1.165, 1.54) is 5.56 Å². The van der Waals surface area contributed by atoms with E-state index in [0.29, 0.717) is 24.4 Å². The Morgan fingerprint density at radius 2 is 1.65 bits per heavy atom. The van der Waals surface area contributed by atoms with Gasteiger partial charge in [0.1, 0.15) is 5.75 Å². The molecule has 5 rings (SSSR count). The molecular weight excluding hydrogens is 460 g/mol. The van der Waals surface area contributed by atoms with Gasteiger partial charge in [-0.2, -0.15) is 0 Å². The summed E-state index contributed by atoms with van der Waals surface area (Å²) in [6, 6.07) is 33.2. The van der Waals surface area contributed by atoms with Gasteiger partial charge in [-0.25, -0.2) is 0 Å². The van der Waals surface area contributed by atoms with Crippen molar-refractivity contribution in [3.8, 4) is 5.75 Å². The van der Waals surface area contributed by atoms with Crippen LogP contribution in [0.5, 0.6) is 5.75 Å². The minimum Gasteiger partial charge on any atom is -0.484 e. The van der Waals surface area contributed by atoms with Crippen molar-refractivity contribution in [2.75, 3.05) is 13.2 Å². The molecule has 0 radical (unpaired) electrons. The van der Waals surface area contributed by atoms with Crippen LogP contribution < -0.4 is 10.1 Å². The lowest BCUT2D eigenvalue weighted by atomic mass is 9.87. The van der Waals surface area contributed by atoms with Crippen LogP contribution in [-0.2, 0) is 17.8 Å². The predicted molar refractivity (Wildman–Crippen MR) is 144 cm³/mol. The average molecular weight is 491 g/mol. The van der Waals surface area contributed by atoms with Crippen molar-refractivity contribution in [1.29, 1.82) is 0 Å². The lowest BCUT2D eigenvalue weighted by Gasteiger charge is -2.38. The fraction of sp³-hybridized carbons (Fsp3) is 0.188. The van der Waals surface area contributed by atoms with Crippen molar-refractivity contribution in [2.24, 2.45) is 0 Å². The summed E-state index contributed by atoms with van der Waals surface area (Å²) >= 11 is 0. The highest BCUT2D eigenvalue weighted by Gasteiger charge is 2.33. The molecule has 1 aliphatic heterocycles. The van der Waals surface area contributed by atoms with Crippen molar-refractivity contribution in [3.63, 3.8) is 0 Å². The van der Waals surface area contributed by atoms with Gasteiger partial charge in [-0.3, -0.25) is 9.59 Å². The first-order chi connectivity index (χ1) is 18.1. The molecule has 0 bridgehead atoms. The van der Waals surface area contributed by atoms with Crippen molar-refractivity contribution < 1.29 is 14.3 Å². The van der Waals surface area contributed by atoms with Gasteiger partial charge < -0.3 is 15.0 Å². The zero-order valence-electron chi connectivity index (χ0n) is 20.9. The SMILES string of the molecule is Cc1cccc([C@@H]2c3cc(OCC(=O)NCc4ccccc4)ccc3CCN2C(=O)c2ccccc2)c1. The van der Waals surface area contributed by atoms with E-state index in [2.05, 4.69) is 36.5 Å². The molecule has 37 heavy (non-hydrogen) atoms. The fourth-order valence-corrected chi connectivity index (χ4v) is 4.84. The molecule has 186 valence electrons. The van der Waals surface area contributed by atoms with E-state index >= 15 is 0 Å². The van der Waals surface area contributed by atoms with E-state index in [4.69, 9.17) is 4.74 Å². The van der Waals surface area contributed by atoms with E-state index in [9.17, 15) is 9.59 Å². The average Bonchev–Trinajstić information content (AvgIpc) is 2.95. The predicted octanol–water partition coefficient (Wildman–Crippen LogP) is 5.48. The second-order valence-corrected chi connectivity index (χ2v) is 9.34. The molecular formula is C32H30N2O3. The third-order valence-corrected chi connectivity index (χ3v) is 6.69. The molecule has 1 atom stereocenters. The molecule has 5 nitrogen and oxygen atoms in total. The summed E-state index contributed by atoms with van der Waals surface area (Å²) in [4.78, 5) is 28.0. The summed E-state index contributed by atoms with van der Waals surface area (Å²) in [5.41, 5.74) is 6.12. The Balaban J connectivity index is 1.38. The largest absolute Gasteiger partial charge is 0.484 e. The molecule has 0 aliphatic carbocycles. The molecule has 5 heteroatoms. The van der Waals surface area contributed by atoms with Crippen LogP contribution in [-0.4, -0.2) is 29.9 Å². The number of ether oxygens (including phenoxy) is 1. The molecule has 1 aliphatic rings. The first kappa shape index (κ1) is 24.3. The summed E-state index contributed by atoms with van der Waals surface area (Å²) in [6.07, 6.45) is 0.758. The van der Waals surface area contributed by atoms with Crippen LogP contribution in [0, 0.1) is 6.92 Å². The van der Waals surface area contributed by atoms with Gasteiger partial charge in [-0.05, 0) is 59.9 Å². The van der Waals surface area contributed by atoms with Gasteiger partial charge in [0, 0.05) is 18.7 Å². The maximum atomic E-state index is 13.6. The number of nitrogens with zero attached hydrogens (tertiary/aromatic N) is 1.